The summed E-state index contributed by atoms with van der Waals surface area (Å²) in [5, 5.41) is 15.7. The molecule has 1 aliphatic rings. The zero-order valence-corrected chi connectivity index (χ0v) is 17.3. The number of anilines is 1. The normalized spacial score (nSPS) is 15.0. The Bertz CT molecular complexity index is 1190. The molecule has 1 atom stereocenters. The van der Waals surface area contributed by atoms with Gasteiger partial charge in [0.1, 0.15) is 6.61 Å². The number of para-hydroxylation sites is 2. The fourth-order valence-corrected chi connectivity index (χ4v) is 2.84. The minimum Gasteiger partial charge on any atom is -0.485 e. The van der Waals surface area contributed by atoms with Gasteiger partial charge in [-0.3, -0.25) is 9.89 Å². The van der Waals surface area contributed by atoms with Gasteiger partial charge in [0, 0.05) is 11.8 Å². The summed E-state index contributed by atoms with van der Waals surface area (Å²) >= 11 is 0. The van der Waals surface area contributed by atoms with E-state index in [1.54, 1.807) is 24.3 Å². The minimum absolute atomic E-state index is 0.0999. The number of halogens is 6. The lowest BCUT2D eigenvalue weighted by molar-refractivity contribution is -0.192. The van der Waals surface area contributed by atoms with Crippen LogP contribution in [0.4, 0.5) is 32.0 Å². The molecule has 35 heavy (non-hydrogen) atoms. The summed E-state index contributed by atoms with van der Waals surface area (Å²) in [6.07, 6.45) is -7.90. The van der Waals surface area contributed by atoms with E-state index >= 15 is 0 Å². The predicted molar refractivity (Wildman–Crippen MR) is 108 cm³/mol. The minimum atomic E-state index is -5.08. The predicted octanol–water partition coefficient (Wildman–Crippen LogP) is 4.51. The molecule has 0 aliphatic carbocycles. The van der Waals surface area contributed by atoms with Crippen molar-refractivity contribution in [2.24, 2.45) is 0 Å². The van der Waals surface area contributed by atoms with Crippen molar-refractivity contribution in [2.75, 3.05) is 11.9 Å². The van der Waals surface area contributed by atoms with Gasteiger partial charge in [0.05, 0.1) is 17.4 Å². The van der Waals surface area contributed by atoms with Crippen molar-refractivity contribution in [3.05, 3.63) is 60.4 Å². The molecule has 3 aromatic rings. The number of rotatable bonds is 3. The molecule has 1 amide bonds. The molecule has 1 unspecified atom stereocenters. The molecular weight excluding hydrogens is 488 g/mol. The van der Waals surface area contributed by atoms with E-state index in [0.717, 1.165) is 6.07 Å². The Balaban J connectivity index is 0.000000429. The number of nitrogens with zero attached hydrogens (tertiary/aromatic N) is 1. The fourth-order valence-electron chi connectivity index (χ4n) is 2.84. The number of carboxylic acid groups (broad SMARTS) is 1. The summed E-state index contributed by atoms with van der Waals surface area (Å²) in [6, 6.07) is 10.4. The van der Waals surface area contributed by atoms with Crippen molar-refractivity contribution in [2.45, 2.75) is 18.5 Å². The molecule has 0 fully saturated rings. The van der Waals surface area contributed by atoms with E-state index in [1.165, 1.54) is 24.5 Å². The maximum absolute atomic E-state index is 13.5. The third-order valence-corrected chi connectivity index (χ3v) is 4.46. The van der Waals surface area contributed by atoms with Gasteiger partial charge in [-0.2, -0.15) is 31.4 Å². The second-order valence-electron chi connectivity index (χ2n) is 6.90. The number of nitrogens with one attached hydrogen (secondary N) is 2. The molecule has 2 heterocycles. The van der Waals surface area contributed by atoms with Crippen LogP contribution >= 0.6 is 0 Å². The highest BCUT2D eigenvalue weighted by atomic mass is 19.4. The van der Waals surface area contributed by atoms with Gasteiger partial charge in [-0.05, 0) is 29.8 Å². The monoisotopic (exact) mass is 503 g/mol. The third kappa shape index (κ3) is 6.43. The molecule has 2 aromatic carbocycles. The Kier molecular flexibility index (Phi) is 7.22. The van der Waals surface area contributed by atoms with Gasteiger partial charge in [-0.25, -0.2) is 4.79 Å². The Morgan fingerprint density at radius 1 is 1.03 bits per heavy atom. The molecule has 3 N–H and O–H groups in total. The van der Waals surface area contributed by atoms with Gasteiger partial charge in [-0.1, -0.05) is 18.2 Å². The summed E-state index contributed by atoms with van der Waals surface area (Å²) in [5.41, 5.74) is -0.488. The number of fused-ring (bicyclic) bond motifs is 1. The highest BCUT2D eigenvalue weighted by molar-refractivity contribution is 5.95. The first-order valence-corrected chi connectivity index (χ1v) is 9.56. The topological polar surface area (TPSA) is 114 Å². The molecule has 186 valence electrons. The lowest BCUT2D eigenvalue weighted by Gasteiger charge is -2.26. The number of alkyl halides is 6. The second-order valence-corrected chi connectivity index (χ2v) is 6.90. The summed E-state index contributed by atoms with van der Waals surface area (Å²) in [4.78, 5) is 21.4. The molecule has 0 bridgehead atoms. The Morgan fingerprint density at radius 2 is 1.69 bits per heavy atom. The molecule has 8 nitrogen and oxygen atoms in total. The largest absolute Gasteiger partial charge is 0.490 e. The van der Waals surface area contributed by atoms with Crippen molar-refractivity contribution in [3.63, 3.8) is 0 Å². The van der Waals surface area contributed by atoms with E-state index in [2.05, 4.69) is 15.5 Å². The fraction of sp³-hybridized carbons (Fsp3) is 0.190. The van der Waals surface area contributed by atoms with E-state index in [-0.39, 0.29) is 12.3 Å². The first-order chi connectivity index (χ1) is 16.4. The smallest absolute Gasteiger partial charge is 0.485 e. The number of hydrogen-bond acceptors (Lipinski definition) is 5. The van der Waals surface area contributed by atoms with E-state index in [4.69, 9.17) is 19.4 Å². The van der Waals surface area contributed by atoms with Crippen LogP contribution in [0.3, 0.4) is 0 Å². The molecular formula is C21H15F6N3O5. The number of carbonyl (C=O) groups excluding carboxylic acids is 1. The number of aromatic nitrogens is 2. The van der Waals surface area contributed by atoms with Crippen LogP contribution in [0.5, 0.6) is 11.5 Å². The van der Waals surface area contributed by atoms with Crippen LogP contribution in [0.25, 0.3) is 11.1 Å². The van der Waals surface area contributed by atoms with Gasteiger partial charge in [0.2, 0.25) is 6.10 Å². The van der Waals surface area contributed by atoms with Gasteiger partial charge in [0.25, 0.3) is 5.91 Å². The molecule has 0 saturated heterocycles. The van der Waals surface area contributed by atoms with Crippen molar-refractivity contribution < 1.29 is 50.5 Å². The molecule has 0 spiro atoms. The number of H-pyrrole nitrogens is 1. The summed E-state index contributed by atoms with van der Waals surface area (Å²) in [6.45, 7) is -0.0999. The van der Waals surface area contributed by atoms with Crippen molar-refractivity contribution in [1.29, 1.82) is 0 Å². The average molecular weight is 503 g/mol. The van der Waals surface area contributed by atoms with Gasteiger partial charge >= 0.3 is 18.3 Å². The summed E-state index contributed by atoms with van der Waals surface area (Å²) in [7, 11) is 0. The first-order valence-electron chi connectivity index (χ1n) is 9.56. The van der Waals surface area contributed by atoms with Crippen LogP contribution in [-0.2, 0) is 15.8 Å². The van der Waals surface area contributed by atoms with Crippen LogP contribution < -0.4 is 14.8 Å². The van der Waals surface area contributed by atoms with E-state index in [0.29, 0.717) is 22.6 Å². The van der Waals surface area contributed by atoms with Gasteiger partial charge in [0.15, 0.2) is 11.5 Å². The van der Waals surface area contributed by atoms with Crippen molar-refractivity contribution in [3.8, 4) is 22.6 Å². The zero-order chi connectivity index (χ0) is 25.8. The van der Waals surface area contributed by atoms with Gasteiger partial charge in [-0.15, -0.1) is 0 Å². The molecule has 0 saturated carbocycles. The lowest BCUT2D eigenvalue weighted by Crippen LogP contribution is -2.40. The number of ether oxygens (including phenoxy) is 2. The van der Waals surface area contributed by atoms with E-state index < -0.39 is 35.9 Å². The number of aliphatic carboxylic acids is 1. The summed E-state index contributed by atoms with van der Waals surface area (Å²) < 4.78 is 83.3. The quantitative estimate of drug-likeness (QED) is 0.454. The van der Waals surface area contributed by atoms with Crippen LogP contribution in [-0.4, -0.2) is 46.1 Å². The molecule has 4 rings (SSSR count). The SMILES string of the molecule is O=C(Nc1ccc(-c2cn[nH]c2)cc1C(F)(F)F)C1COc2ccccc2O1.O=C(O)C(F)(F)F. The third-order valence-electron chi connectivity index (χ3n) is 4.46. The molecule has 0 radical (unpaired) electrons. The lowest BCUT2D eigenvalue weighted by atomic mass is 10.0. The van der Waals surface area contributed by atoms with E-state index in [1.807, 2.05) is 0 Å². The average Bonchev–Trinajstić information content (AvgIpc) is 3.33. The van der Waals surface area contributed by atoms with Crippen molar-refractivity contribution in [1.82, 2.24) is 10.2 Å². The van der Waals surface area contributed by atoms with Crippen LogP contribution in [0.15, 0.2) is 54.9 Å². The maximum Gasteiger partial charge on any atom is 0.490 e. The number of aromatic amines is 1. The number of hydrogen-bond donors (Lipinski definition) is 3. The standard InChI is InChI=1S/C19H14F3N3O3.C2HF3O2/c20-19(21,22)13-7-11(12-8-23-24-9-12)5-6-14(13)25-18(26)17-10-27-15-3-1-2-4-16(15)28-17;3-2(4,5)1(6)7/h1-9,17H,10H2,(H,23,24)(H,25,26);(H,6,7). The number of amides is 1. The van der Waals surface area contributed by atoms with E-state index in [9.17, 15) is 31.1 Å². The van der Waals surface area contributed by atoms with Crippen molar-refractivity contribution >= 4 is 17.6 Å². The van der Waals surface area contributed by atoms with Gasteiger partial charge < -0.3 is 19.9 Å². The van der Waals surface area contributed by atoms with Crippen LogP contribution in [0, 0.1) is 0 Å². The number of carboxylic acids is 1. The Labute approximate surface area is 192 Å². The highest BCUT2D eigenvalue weighted by Crippen LogP contribution is 2.38. The Morgan fingerprint density at radius 3 is 2.26 bits per heavy atom. The number of benzene rings is 2. The Hall–Kier alpha value is -4.23. The maximum atomic E-state index is 13.5. The first kappa shape index (κ1) is 25.4. The highest BCUT2D eigenvalue weighted by Gasteiger charge is 2.38. The molecule has 1 aromatic heterocycles. The zero-order valence-electron chi connectivity index (χ0n) is 17.3. The molecule has 1 aliphatic heterocycles. The summed E-state index contributed by atoms with van der Waals surface area (Å²) in [5.74, 6) is -2.64. The second kappa shape index (κ2) is 9.95. The number of carbonyl (C=O) groups is 2. The van der Waals surface area contributed by atoms with Crippen LogP contribution in [0.2, 0.25) is 0 Å². The molecule has 14 heteroatoms. The van der Waals surface area contributed by atoms with Crippen LogP contribution in [0.1, 0.15) is 5.56 Å².